The van der Waals surface area contributed by atoms with Crippen LogP contribution in [0.25, 0.3) is 0 Å². The van der Waals surface area contributed by atoms with E-state index >= 15 is 0 Å². The number of rotatable bonds is 3. The maximum atomic E-state index is 12.8. The van der Waals surface area contributed by atoms with Gasteiger partial charge >= 0.3 is 0 Å². The van der Waals surface area contributed by atoms with Crippen molar-refractivity contribution in [2.75, 3.05) is 0 Å². The molecule has 24 heavy (non-hydrogen) atoms. The maximum absolute atomic E-state index is 12.8. The lowest BCUT2D eigenvalue weighted by Gasteiger charge is -2.21. The summed E-state index contributed by atoms with van der Waals surface area (Å²) in [6.45, 7) is 12.2. The molecule has 2 aromatic carbocycles. The van der Waals surface area contributed by atoms with Crippen LogP contribution in [-0.4, -0.2) is 14.0 Å². The normalized spacial score (nSPS) is 12.9. The summed E-state index contributed by atoms with van der Waals surface area (Å²) in [5, 5.41) is 0. The van der Waals surface area contributed by atoms with Crippen molar-refractivity contribution in [1.29, 1.82) is 0 Å². The van der Waals surface area contributed by atoms with Gasteiger partial charge in [-0.3, -0.25) is 0 Å². The molecule has 0 heterocycles. The smallest absolute Gasteiger partial charge is 0.206 e. The van der Waals surface area contributed by atoms with Crippen LogP contribution in [0.4, 0.5) is 0 Å². The van der Waals surface area contributed by atoms with Gasteiger partial charge in [-0.1, -0.05) is 32.9 Å². The van der Waals surface area contributed by atoms with Crippen molar-refractivity contribution in [3.05, 3.63) is 54.1 Å². The molecule has 0 N–H and O–H groups in total. The Morgan fingerprint density at radius 1 is 0.708 bits per heavy atom. The van der Waals surface area contributed by atoms with E-state index < -0.39 is 9.84 Å². The lowest BCUT2D eigenvalue weighted by Crippen LogP contribution is -2.22. The second-order valence-electron chi connectivity index (χ2n) is 7.96. The van der Waals surface area contributed by atoms with Crippen LogP contribution in [0, 0.1) is 0 Å². The van der Waals surface area contributed by atoms with Crippen molar-refractivity contribution < 1.29 is 13.2 Å². The molecule has 0 aromatic heterocycles. The van der Waals surface area contributed by atoms with Gasteiger partial charge in [0.05, 0.1) is 9.79 Å². The molecule has 2 rings (SSSR count). The van der Waals surface area contributed by atoms with Crippen LogP contribution in [0.2, 0.25) is 0 Å². The highest BCUT2D eigenvalue weighted by molar-refractivity contribution is 7.91. The lowest BCUT2D eigenvalue weighted by atomic mass is 9.87. The predicted octanol–water partition coefficient (Wildman–Crippen LogP) is 4.99. The Hall–Kier alpha value is -1.81. The third-order valence-corrected chi connectivity index (χ3v) is 5.37. The molecule has 0 saturated heterocycles. The molecular weight excluding hydrogens is 320 g/mol. The Bertz CT molecular complexity index is 788. The van der Waals surface area contributed by atoms with Crippen molar-refractivity contribution in [3.8, 4) is 5.75 Å². The Kier molecular flexibility index (Phi) is 4.82. The molecule has 0 amide bonds. The fraction of sp³-hybridized carbons (Fsp3) is 0.400. The summed E-state index contributed by atoms with van der Waals surface area (Å²) < 4.78 is 31.2. The van der Waals surface area contributed by atoms with Gasteiger partial charge in [0, 0.05) is 0 Å². The quantitative estimate of drug-likeness (QED) is 0.786. The van der Waals surface area contributed by atoms with Gasteiger partial charge in [0.25, 0.3) is 0 Å². The highest BCUT2D eigenvalue weighted by Crippen LogP contribution is 2.27. The highest BCUT2D eigenvalue weighted by Gasteiger charge is 2.20. The molecule has 0 atom stereocenters. The molecule has 4 heteroatoms. The second-order valence-corrected chi connectivity index (χ2v) is 9.91. The van der Waals surface area contributed by atoms with E-state index in [1.165, 1.54) is 0 Å². The van der Waals surface area contributed by atoms with Crippen molar-refractivity contribution in [1.82, 2.24) is 0 Å². The van der Waals surface area contributed by atoms with E-state index in [0.717, 1.165) is 5.56 Å². The third kappa shape index (κ3) is 4.38. The summed E-state index contributed by atoms with van der Waals surface area (Å²) in [4.78, 5) is 0.576. The number of hydrogen-bond donors (Lipinski definition) is 0. The molecule has 0 fully saturated rings. The van der Waals surface area contributed by atoms with Gasteiger partial charge in [-0.15, -0.1) is 0 Å². The molecular formula is C20H26O3S. The molecule has 0 unspecified atom stereocenters. The zero-order valence-corrected chi connectivity index (χ0v) is 16.1. The number of hydrogen-bond acceptors (Lipinski definition) is 3. The molecule has 0 spiro atoms. The maximum Gasteiger partial charge on any atom is 0.206 e. The number of benzene rings is 2. The molecule has 2 aromatic rings. The zero-order chi connectivity index (χ0) is 18.2. The van der Waals surface area contributed by atoms with Gasteiger partial charge in [0.2, 0.25) is 9.84 Å². The minimum absolute atomic E-state index is 0.00572. The van der Waals surface area contributed by atoms with Crippen molar-refractivity contribution in [2.45, 2.75) is 62.3 Å². The van der Waals surface area contributed by atoms with Crippen LogP contribution >= 0.6 is 0 Å². The zero-order valence-electron chi connectivity index (χ0n) is 15.3. The van der Waals surface area contributed by atoms with E-state index in [0.29, 0.717) is 10.6 Å². The van der Waals surface area contributed by atoms with Gasteiger partial charge in [0.1, 0.15) is 11.4 Å². The van der Waals surface area contributed by atoms with Crippen molar-refractivity contribution in [3.63, 3.8) is 0 Å². The van der Waals surface area contributed by atoms with Gasteiger partial charge in [-0.25, -0.2) is 8.42 Å². The number of ether oxygens (including phenoxy) is 1. The minimum Gasteiger partial charge on any atom is -0.488 e. The van der Waals surface area contributed by atoms with Gasteiger partial charge in [0.15, 0.2) is 0 Å². The fourth-order valence-electron chi connectivity index (χ4n) is 2.31. The Morgan fingerprint density at radius 2 is 1.12 bits per heavy atom. The van der Waals surface area contributed by atoms with Gasteiger partial charge in [-0.05, 0) is 68.1 Å². The van der Waals surface area contributed by atoms with Crippen LogP contribution < -0.4 is 4.74 Å². The summed E-state index contributed by atoms with van der Waals surface area (Å²) >= 11 is 0. The molecule has 0 radical (unpaired) electrons. The second kappa shape index (κ2) is 6.25. The first kappa shape index (κ1) is 18.5. The summed E-state index contributed by atoms with van der Waals surface area (Å²) in [7, 11) is -3.52. The Morgan fingerprint density at radius 3 is 1.50 bits per heavy atom. The van der Waals surface area contributed by atoms with Crippen LogP contribution in [0.1, 0.15) is 47.1 Å². The summed E-state index contributed by atoms with van der Waals surface area (Å²) in [5.41, 5.74) is 0.785. The van der Waals surface area contributed by atoms with Crippen LogP contribution in [-0.2, 0) is 15.3 Å². The van der Waals surface area contributed by atoms with E-state index in [1.807, 2.05) is 32.9 Å². The monoisotopic (exact) mass is 346 g/mol. The number of sulfone groups is 1. The molecule has 3 nitrogen and oxygen atoms in total. The average Bonchev–Trinajstić information content (AvgIpc) is 2.45. The summed E-state index contributed by atoms with van der Waals surface area (Å²) in [6, 6.07) is 13.7. The fourth-order valence-corrected chi connectivity index (χ4v) is 3.57. The topological polar surface area (TPSA) is 43.4 Å². The first-order valence-corrected chi connectivity index (χ1v) is 9.53. The third-order valence-electron chi connectivity index (χ3n) is 3.59. The standard InChI is InChI=1S/C20H26O3S/c1-19(2,3)15-7-11-17(12-8-15)24(21,22)18-13-9-16(10-14-18)23-20(4,5)6/h7-14H,1-6H3. The van der Waals surface area contributed by atoms with E-state index in [1.54, 1.807) is 36.4 Å². The lowest BCUT2D eigenvalue weighted by molar-refractivity contribution is 0.131. The SMILES string of the molecule is CC(C)(C)Oc1ccc(S(=O)(=O)c2ccc(C(C)(C)C)cc2)cc1. The molecule has 0 aliphatic carbocycles. The first-order chi connectivity index (χ1) is 10.9. The van der Waals surface area contributed by atoms with E-state index in [4.69, 9.17) is 4.74 Å². The van der Waals surface area contributed by atoms with Gasteiger partial charge in [-0.2, -0.15) is 0 Å². The van der Waals surface area contributed by atoms with Gasteiger partial charge < -0.3 is 4.74 Å². The minimum atomic E-state index is -3.52. The van der Waals surface area contributed by atoms with Crippen LogP contribution in [0.5, 0.6) is 5.75 Å². The molecule has 0 bridgehead atoms. The first-order valence-electron chi connectivity index (χ1n) is 8.04. The van der Waals surface area contributed by atoms with Crippen molar-refractivity contribution in [2.24, 2.45) is 0 Å². The predicted molar refractivity (Wildman–Crippen MR) is 97.4 cm³/mol. The Labute approximate surface area is 145 Å². The van der Waals surface area contributed by atoms with E-state index in [2.05, 4.69) is 20.8 Å². The molecule has 130 valence electrons. The summed E-state index contributed by atoms with van der Waals surface area (Å²) in [6.07, 6.45) is 0. The summed E-state index contributed by atoms with van der Waals surface area (Å²) in [5.74, 6) is 0.657. The largest absolute Gasteiger partial charge is 0.488 e. The highest BCUT2D eigenvalue weighted by atomic mass is 32.2. The average molecular weight is 346 g/mol. The molecule has 0 aliphatic rings. The van der Waals surface area contributed by atoms with Crippen molar-refractivity contribution >= 4 is 9.84 Å². The van der Waals surface area contributed by atoms with E-state index in [9.17, 15) is 8.42 Å². The Balaban J connectivity index is 2.30. The molecule has 0 saturated carbocycles. The molecule has 0 aliphatic heterocycles. The van der Waals surface area contributed by atoms with Crippen LogP contribution in [0.15, 0.2) is 58.3 Å². The van der Waals surface area contributed by atoms with E-state index in [-0.39, 0.29) is 15.9 Å². The van der Waals surface area contributed by atoms with Crippen LogP contribution in [0.3, 0.4) is 0 Å².